The molecule has 0 aliphatic heterocycles. The van der Waals surface area contributed by atoms with Crippen molar-refractivity contribution in [2.45, 2.75) is 58.8 Å². The lowest BCUT2D eigenvalue weighted by Gasteiger charge is -2.12. The summed E-state index contributed by atoms with van der Waals surface area (Å²) in [7, 11) is 0. The van der Waals surface area contributed by atoms with E-state index < -0.39 is 17.0 Å². The van der Waals surface area contributed by atoms with Gasteiger partial charge in [0.25, 0.3) is 0 Å². The predicted octanol–water partition coefficient (Wildman–Crippen LogP) is 2.35. The Morgan fingerprint density at radius 3 is 2.26 bits per heavy atom. The van der Waals surface area contributed by atoms with Crippen molar-refractivity contribution in [3.63, 3.8) is 0 Å². The topological polar surface area (TPSA) is 92.5 Å². The van der Waals surface area contributed by atoms with E-state index in [1.807, 2.05) is 0 Å². The third-order valence-corrected chi connectivity index (χ3v) is 3.68. The van der Waals surface area contributed by atoms with E-state index in [2.05, 4.69) is 6.92 Å². The first-order valence-electron chi connectivity index (χ1n) is 6.79. The van der Waals surface area contributed by atoms with Crippen molar-refractivity contribution < 1.29 is 18.3 Å². The van der Waals surface area contributed by atoms with Crippen molar-refractivity contribution in [2.75, 3.05) is 6.61 Å². The molecule has 1 unspecified atom stereocenters. The smallest absolute Gasteiger partial charge is 0.355 e. The zero-order valence-corrected chi connectivity index (χ0v) is 12.6. The summed E-state index contributed by atoms with van der Waals surface area (Å²) in [6.45, 7) is 4.06. The van der Waals surface area contributed by atoms with Gasteiger partial charge in [-0.25, -0.2) is 4.79 Å². The first-order chi connectivity index (χ1) is 9.04. The predicted molar refractivity (Wildman–Crippen MR) is 74.8 cm³/mol. The minimum atomic E-state index is -2.46. The van der Waals surface area contributed by atoms with Crippen molar-refractivity contribution in [3.8, 4) is 0 Å². The fraction of sp³-hybridized carbons (Fsp3) is 0.769. The number of hydrogen-bond acceptors (Lipinski definition) is 5. The molecule has 0 saturated carbocycles. The molecular weight excluding hydrogens is 266 g/mol. The summed E-state index contributed by atoms with van der Waals surface area (Å²) in [5.74, 6) is -0.741. The normalized spacial score (nSPS) is 13.8. The van der Waals surface area contributed by atoms with Crippen LogP contribution < -0.4 is 5.73 Å². The van der Waals surface area contributed by atoms with Crippen LogP contribution in [-0.2, 0) is 20.6 Å². The van der Waals surface area contributed by atoms with Gasteiger partial charge < -0.3 is 15.0 Å². The van der Waals surface area contributed by atoms with E-state index in [1.54, 1.807) is 6.92 Å². The van der Waals surface area contributed by atoms with Gasteiger partial charge in [-0.1, -0.05) is 46.0 Å². The zero-order chi connectivity index (χ0) is 14.7. The van der Waals surface area contributed by atoms with E-state index in [-0.39, 0.29) is 23.6 Å². The Labute approximate surface area is 117 Å². The van der Waals surface area contributed by atoms with Crippen LogP contribution in [0.3, 0.4) is 0 Å². The molecule has 0 heterocycles. The van der Waals surface area contributed by atoms with E-state index >= 15 is 0 Å². The van der Waals surface area contributed by atoms with Crippen LogP contribution in [0.15, 0.2) is 10.6 Å². The lowest BCUT2D eigenvalue weighted by Crippen LogP contribution is -2.19. The van der Waals surface area contributed by atoms with E-state index in [1.165, 1.54) is 19.3 Å². The van der Waals surface area contributed by atoms with Crippen LogP contribution in [0.2, 0.25) is 0 Å². The van der Waals surface area contributed by atoms with Crippen molar-refractivity contribution in [3.05, 3.63) is 10.6 Å². The molecular formula is C13H24NO4S-. The highest BCUT2D eigenvalue weighted by Crippen LogP contribution is 2.10. The summed E-state index contributed by atoms with van der Waals surface area (Å²) in [4.78, 5) is 11.4. The fourth-order valence-electron chi connectivity index (χ4n) is 1.64. The second-order valence-electron chi connectivity index (χ2n) is 4.33. The molecule has 1 atom stereocenters. The van der Waals surface area contributed by atoms with Crippen molar-refractivity contribution in [2.24, 2.45) is 5.73 Å². The molecule has 0 aliphatic carbocycles. The number of rotatable bonds is 10. The standard InChI is InChI=1S/C13H25NO4S/c1-3-5-6-7-8-9-10-18-13(15)12(14)11(4-2)19(16)17/h3-10,14H2,1-2H3,(H,16,17)/p-1. The molecule has 5 nitrogen and oxygen atoms in total. The Morgan fingerprint density at radius 2 is 1.74 bits per heavy atom. The highest BCUT2D eigenvalue weighted by atomic mass is 32.2. The molecule has 6 heteroatoms. The Kier molecular flexibility index (Phi) is 10.5. The molecule has 19 heavy (non-hydrogen) atoms. The number of carbonyl (C=O) groups is 1. The Balaban J connectivity index is 3.95. The van der Waals surface area contributed by atoms with Crippen LogP contribution in [0, 0.1) is 0 Å². The van der Waals surface area contributed by atoms with Gasteiger partial charge in [-0.15, -0.1) is 0 Å². The van der Waals surface area contributed by atoms with Gasteiger partial charge in [-0.05, 0) is 23.9 Å². The van der Waals surface area contributed by atoms with Crippen LogP contribution in [0.4, 0.5) is 0 Å². The molecule has 0 spiro atoms. The number of allylic oxidation sites excluding steroid dienone is 1. The van der Waals surface area contributed by atoms with Crippen LogP contribution in [0.1, 0.15) is 58.8 Å². The van der Waals surface area contributed by atoms with E-state index in [0.29, 0.717) is 0 Å². The van der Waals surface area contributed by atoms with Crippen LogP contribution in [-0.4, -0.2) is 21.3 Å². The molecule has 0 aromatic rings. The van der Waals surface area contributed by atoms with Crippen molar-refractivity contribution >= 4 is 17.0 Å². The molecule has 2 N–H and O–H groups in total. The van der Waals surface area contributed by atoms with Crippen molar-refractivity contribution in [1.29, 1.82) is 0 Å². The van der Waals surface area contributed by atoms with Gasteiger partial charge in [-0.3, -0.25) is 4.21 Å². The maximum Gasteiger partial charge on any atom is 0.355 e. The maximum atomic E-state index is 11.5. The van der Waals surface area contributed by atoms with Gasteiger partial charge in [0.2, 0.25) is 0 Å². The van der Waals surface area contributed by atoms with Gasteiger partial charge in [0.05, 0.1) is 6.61 Å². The summed E-state index contributed by atoms with van der Waals surface area (Å²) < 4.78 is 26.6. The summed E-state index contributed by atoms with van der Waals surface area (Å²) >= 11 is -2.46. The van der Waals surface area contributed by atoms with Gasteiger partial charge in [-0.2, -0.15) is 0 Å². The highest BCUT2D eigenvalue weighted by molar-refractivity contribution is 7.83. The van der Waals surface area contributed by atoms with Gasteiger partial charge >= 0.3 is 5.97 Å². The molecule has 112 valence electrons. The maximum absolute atomic E-state index is 11.5. The molecule has 0 saturated heterocycles. The number of unbranched alkanes of at least 4 members (excludes halogenated alkanes) is 5. The molecule has 0 fully saturated rings. The lowest BCUT2D eigenvalue weighted by atomic mass is 10.1. The monoisotopic (exact) mass is 290 g/mol. The zero-order valence-electron chi connectivity index (χ0n) is 11.8. The van der Waals surface area contributed by atoms with Crippen LogP contribution in [0.5, 0.6) is 0 Å². The van der Waals surface area contributed by atoms with Crippen LogP contribution in [0.25, 0.3) is 0 Å². The first kappa shape index (κ1) is 18.1. The second kappa shape index (κ2) is 11.0. The Bertz CT molecular complexity index is 329. The molecule has 0 aliphatic rings. The molecule has 0 rings (SSSR count). The number of nitrogens with two attached hydrogens (primary N) is 1. The molecule has 0 bridgehead atoms. The molecule has 0 amide bonds. The number of carbonyl (C=O) groups excluding carboxylic acids is 1. The molecule has 0 radical (unpaired) electrons. The Morgan fingerprint density at radius 1 is 1.16 bits per heavy atom. The average Bonchev–Trinajstić information content (AvgIpc) is 2.37. The van der Waals surface area contributed by atoms with E-state index in [4.69, 9.17) is 10.5 Å². The number of esters is 1. The first-order valence-corrected chi connectivity index (χ1v) is 7.87. The lowest BCUT2D eigenvalue weighted by molar-refractivity contribution is -0.139. The summed E-state index contributed by atoms with van der Waals surface area (Å²) in [5.41, 5.74) is 5.16. The minimum absolute atomic E-state index is 0.0899. The van der Waals surface area contributed by atoms with E-state index in [0.717, 1.165) is 19.3 Å². The van der Waals surface area contributed by atoms with Gasteiger partial charge in [0.15, 0.2) is 0 Å². The fourth-order valence-corrected chi connectivity index (χ4v) is 2.14. The van der Waals surface area contributed by atoms with Gasteiger partial charge in [0.1, 0.15) is 5.70 Å². The quantitative estimate of drug-likeness (QED) is 0.288. The molecule has 0 aromatic heterocycles. The number of ether oxygens (including phenoxy) is 1. The highest BCUT2D eigenvalue weighted by Gasteiger charge is 2.12. The Hall–Kier alpha value is -0.880. The largest absolute Gasteiger partial charge is 0.769 e. The second-order valence-corrected chi connectivity index (χ2v) is 5.29. The summed E-state index contributed by atoms with van der Waals surface area (Å²) in [5, 5.41) is 0. The van der Waals surface area contributed by atoms with Crippen molar-refractivity contribution in [1.82, 2.24) is 0 Å². The van der Waals surface area contributed by atoms with Crippen LogP contribution >= 0.6 is 0 Å². The third kappa shape index (κ3) is 8.00. The SMILES string of the molecule is CCCCCCCCOC(=O)C(N)=C(CC)S(=O)[O-]. The average molecular weight is 290 g/mol. The molecule has 0 aromatic carbocycles. The number of hydrogen-bond donors (Lipinski definition) is 1. The third-order valence-electron chi connectivity index (χ3n) is 2.77. The summed E-state index contributed by atoms with van der Waals surface area (Å²) in [6, 6.07) is 0. The van der Waals surface area contributed by atoms with E-state index in [9.17, 15) is 13.6 Å². The minimum Gasteiger partial charge on any atom is -0.769 e. The summed E-state index contributed by atoms with van der Waals surface area (Å²) in [6.07, 6.45) is 6.72. The van der Waals surface area contributed by atoms with Gasteiger partial charge in [0, 0.05) is 4.91 Å².